The molecule has 0 aliphatic carbocycles. The summed E-state index contributed by atoms with van der Waals surface area (Å²) in [6.45, 7) is -0.741. The Bertz CT molecular complexity index is 255. The number of rotatable bonds is 6. The summed E-state index contributed by atoms with van der Waals surface area (Å²) >= 11 is 0. The molecule has 0 spiro atoms. The molecule has 0 radical (unpaired) electrons. The zero-order valence-electron chi connectivity index (χ0n) is 8.60. The molecule has 1 unspecified atom stereocenters. The molecule has 1 atom stereocenters. The van der Waals surface area contributed by atoms with Gasteiger partial charge in [0.05, 0.1) is 0 Å². The molecule has 0 saturated carbocycles. The van der Waals surface area contributed by atoms with Crippen molar-refractivity contribution in [1.82, 2.24) is 10.6 Å². The Kier molecular flexibility index (Phi) is 5.79. The first-order valence-electron chi connectivity index (χ1n) is 4.50. The van der Waals surface area contributed by atoms with Crippen LogP contribution in [0.5, 0.6) is 0 Å². The maximum absolute atomic E-state index is 12.1. The second-order valence-electron chi connectivity index (χ2n) is 3.06. The molecule has 0 aromatic heterocycles. The van der Waals surface area contributed by atoms with E-state index in [1.165, 1.54) is 7.05 Å². The van der Waals surface area contributed by atoms with Crippen LogP contribution in [0, 0.1) is 5.92 Å². The zero-order chi connectivity index (χ0) is 12.8. The molecular weight excluding hydrogens is 229 g/mol. The molecule has 0 rings (SSSR count). The molecule has 8 heteroatoms. The van der Waals surface area contributed by atoms with Gasteiger partial charge in [-0.15, -0.1) is 0 Å². The van der Waals surface area contributed by atoms with Crippen LogP contribution in [0.25, 0.3) is 0 Å². The van der Waals surface area contributed by atoms with Crippen molar-refractivity contribution in [3.63, 3.8) is 0 Å². The van der Waals surface area contributed by atoms with E-state index in [4.69, 9.17) is 5.11 Å². The molecule has 0 heterocycles. The van der Waals surface area contributed by atoms with E-state index in [1.807, 2.05) is 0 Å². The van der Waals surface area contributed by atoms with E-state index in [1.54, 1.807) is 0 Å². The van der Waals surface area contributed by atoms with E-state index < -0.39 is 24.6 Å². The molecule has 0 bridgehead atoms. The smallest absolute Gasteiger partial charge is 0.403 e. The summed E-state index contributed by atoms with van der Waals surface area (Å²) in [4.78, 5) is 21.0. The quantitative estimate of drug-likeness (QED) is 0.572. The number of alkyl halides is 3. The van der Waals surface area contributed by atoms with E-state index in [-0.39, 0.29) is 18.9 Å². The van der Waals surface area contributed by atoms with Crippen molar-refractivity contribution in [3.05, 3.63) is 0 Å². The Morgan fingerprint density at radius 1 is 1.38 bits per heavy atom. The van der Waals surface area contributed by atoms with Crippen LogP contribution in [0.3, 0.4) is 0 Å². The maximum Gasteiger partial charge on any atom is 0.403 e. The normalized spacial score (nSPS) is 13.2. The van der Waals surface area contributed by atoms with Gasteiger partial charge in [-0.05, 0) is 0 Å². The lowest BCUT2D eigenvalue weighted by Gasteiger charge is -2.16. The molecule has 0 aromatic rings. The number of carbonyl (C=O) groups excluding carboxylic acids is 1. The summed E-state index contributed by atoms with van der Waals surface area (Å²) in [7, 11) is 1.40. The fourth-order valence-corrected chi connectivity index (χ4v) is 0.916. The second kappa shape index (κ2) is 6.31. The third-order valence-corrected chi connectivity index (χ3v) is 1.85. The van der Waals surface area contributed by atoms with E-state index in [2.05, 4.69) is 10.6 Å². The van der Waals surface area contributed by atoms with Crippen LogP contribution in [0.1, 0.15) is 6.42 Å². The number of carboxylic acid groups (broad SMARTS) is 1. The van der Waals surface area contributed by atoms with Gasteiger partial charge in [0, 0.05) is 26.6 Å². The molecule has 3 N–H and O–H groups in total. The third kappa shape index (κ3) is 5.54. The Balaban J connectivity index is 3.97. The highest BCUT2D eigenvalue weighted by molar-refractivity contribution is 5.75. The number of hydrogen-bond acceptors (Lipinski definition) is 3. The molecule has 94 valence electrons. The first kappa shape index (κ1) is 14.7. The highest BCUT2D eigenvalue weighted by Gasteiger charge is 2.44. The van der Waals surface area contributed by atoms with Gasteiger partial charge in [0.15, 0.2) is 5.92 Å². The largest absolute Gasteiger partial charge is 0.481 e. The monoisotopic (exact) mass is 242 g/mol. The average Bonchev–Trinajstić information content (AvgIpc) is 2.14. The summed E-state index contributed by atoms with van der Waals surface area (Å²) in [6.07, 6.45) is -4.79. The van der Waals surface area contributed by atoms with E-state index in [0.29, 0.717) is 0 Å². The minimum atomic E-state index is -4.79. The topological polar surface area (TPSA) is 78.4 Å². The molecule has 0 aliphatic heterocycles. The SMILES string of the molecule is CNC(=O)CCNCC(C(=O)O)C(F)(F)F. The van der Waals surface area contributed by atoms with E-state index in [9.17, 15) is 22.8 Å². The Morgan fingerprint density at radius 3 is 2.31 bits per heavy atom. The Hall–Kier alpha value is -1.31. The summed E-state index contributed by atoms with van der Waals surface area (Å²) in [5.41, 5.74) is 0. The number of carboxylic acids is 1. The number of carbonyl (C=O) groups is 2. The average molecular weight is 242 g/mol. The van der Waals surface area contributed by atoms with Crippen LogP contribution in [0.4, 0.5) is 13.2 Å². The first-order valence-corrected chi connectivity index (χ1v) is 4.50. The molecule has 5 nitrogen and oxygen atoms in total. The number of halogens is 3. The molecule has 0 aliphatic rings. The van der Waals surface area contributed by atoms with Gasteiger partial charge < -0.3 is 15.7 Å². The van der Waals surface area contributed by atoms with Crippen LogP contribution in [-0.2, 0) is 9.59 Å². The van der Waals surface area contributed by atoms with Gasteiger partial charge in [-0.25, -0.2) is 0 Å². The standard InChI is InChI=1S/C8H13F3N2O3/c1-12-6(14)2-3-13-4-5(7(15)16)8(9,10)11/h5,13H,2-4H2,1H3,(H,12,14)(H,15,16). The van der Waals surface area contributed by atoms with Crippen molar-refractivity contribution in [3.8, 4) is 0 Å². The lowest BCUT2D eigenvalue weighted by atomic mass is 10.1. The molecule has 1 amide bonds. The van der Waals surface area contributed by atoms with Crippen LogP contribution in [0.15, 0.2) is 0 Å². The second-order valence-corrected chi connectivity index (χ2v) is 3.06. The number of amides is 1. The Labute approximate surface area is 90.0 Å². The highest BCUT2D eigenvalue weighted by atomic mass is 19.4. The minimum absolute atomic E-state index is 0.000463. The number of nitrogens with one attached hydrogen (secondary N) is 2. The van der Waals surface area contributed by atoms with E-state index in [0.717, 1.165) is 0 Å². The van der Waals surface area contributed by atoms with Crippen molar-refractivity contribution in [2.45, 2.75) is 12.6 Å². The summed E-state index contributed by atoms with van der Waals surface area (Å²) in [5.74, 6) is -4.71. The summed E-state index contributed by atoms with van der Waals surface area (Å²) < 4.78 is 36.4. The third-order valence-electron chi connectivity index (χ3n) is 1.85. The van der Waals surface area contributed by atoms with Crippen LogP contribution >= 0.6 is 0 Å². The molecule has 16 heavy (non-hydrogen) atoms. The Morgan fingerprint density at radius 2 is 1.94 bits per heavy atom. The maximum atomic E-state index is 12.1. The summed E-state index contributed by atoms with van der Waals surface area (Å²) in [5, 5.41) is 12.9. The highest BCUT2D eigenvalue weighted by Crippen LogP contribution is 2.25. The van der Waals surface area contributed by atoms with Crippen molar-refractivity contribution >= 4 is 11.9 Å². The molecular formula is C8H13F3N2O3. The van der Waals surface area contributed by atoms with Crippen molar-refractivity contribution in [2.24, 2.45) is 5.92 Å². The van der Waals surface area contributed by atoms with Crippen molar-refractivity contribution < 1.29 is 27.9 Å². The van der Waals surface area contributed by atoms with Gasteiger partial charge in [-0.3, -0.25) is 9.59 Å². The van der Waals surface area contributed by atoms with Gasteiger partial charge in [0.1, 0.15) is 0 Å². The number of aliphatic carboxylic acids is 1. The molecule has 0 fully saturated rings. The fourth-order valence-electron chi connectivity index (χ4n) is 0.916. The lowest BCUT2D eigenvalue weighted by Crippen LogP contribution is -2.40. The van der Waals surface area contributed by atoms with Gasteiger partial charge in [0.25, 0.3) is 0 Å². The predicted octanol–water partition coefficient (Wildman–Crippen LogP) is -0.0248. The molecule has 0 saturated heterocycles. The predicted molar refractivity (Wildman–Crippen MR) is 48.7 cm³/mol. The number of hydrogen-bond donors (Lipinski definition) is 3. The molecule has 0 aromatic carbocycles. The van der Waals surface area contributed by atoms with Gasteiger partial charge in [0.2, 0.25) is 5.91 Å². The first-order chi connectivity index (χ1) is 7.29. The van der Waals surface area contributed by atoms with Gasteiger partial charge in [-0.1, -0.05) is 0 Å². The lowest BCUT2D eigenvalue weighted by molar-refractivity contribution is -0.192. The van der Waals surface area contributed by atoms with Crippen LogP contribution in [0.2, 0.25) is 0 Å². The fraction of sp³-hybridized carbons (Fsp3) is 0.750. The van der Waals surface area contributed by atoms with Crippen LogP contribution in [-0.4, -0.2) is 43.3 Å². The van der Waals surface area contributed by atoms with E-state index >= 15 is 0 Å². The van der Waals surface area contributed by atoms with Gasteiger partial charge in [-0.2, -0.15) is 13.2 Å². The van der Waals surface area contributed by atoms with Crippen molar-refractivity contribution in [1.29, 1.82) is 0 Å². The van der Waals surface area contributed by atoms with Crippen LogP contribution < -0.4 is 10.6 Å². The summed E-state index contributed by atoms with van der Waals surface area (Å²) in [6, 6.07) is 0. The zero-order valence-corrected chi connectivity index (χ0v) is 8.60. The van der Waals surface area contributed by atoms with Crippen molar-refractivity contribution in [2.75, 3.05) is 20.1 Å². The minimum Gasteiger partial charge on any atom is -0.481 e. The van der Waals surface area contributed by atoms with Gasteiger partial charge >= 0.3 is 12.1 Å².